The standard InChI is InChI=1S/C17H26O.C17H30O.C16H28O2.C16H30O.C15H26O4.C15H28O2.C15H28O/c1-13-7-5-8-14(2)11-12-17(16(4)18)15(3)10-6-9-13;18-17-15-13-11-9-7-5-3-1-2-4-6-8-10-12-14-16-17;17-16-14-12-10-8-6-4-2-1-3-5-7-9-11-13-15-18-16;1-15-12-10-8-6-4-2-3-5-7-9-11-13-16(17)14-15;16-14-10-8-6-4-2-1-3-5-7-9-11-15(17)19-13-12-18-14;16-15-13-11-9-7-5-3-1-2-4-6-8-10-12-14-17-15;16-15-13-11-9-7-5-3-1-2-4-6-8-10-12-14-15/h8-10,17H,5-7,11-12H2,1-4H3;1-2H,3-16H2;1,3H,2,4-15H2;15H,2-14H2,1H3;1-13H2;1-14H2;1-14H2/b13-9+,14-8+,15-10?;2-1-;3-1+;;;;. The molecule has 3 aliphatic heterocycles. The molecular weight excluding hydrogens is 1530 g/mol. The van der Waals surface area contributed by atoms with Gasteiger partial charge in [0.05, 0.1) is 13.2 Å². The van der Waals surface area contributed by atoms with Gasteiger partial charge in [-0.3, -0.25) is 38.4 Å². The average molecular weight is 1720 g/mol. The van der Waals surface area contributed by atoms with E-state index in [-0.39, 0.29) is 43.0 Å². The van der Waals surface area contributed by atoms with Gasteiger partial charge < -0.3 is 18.9 Å². The molecule has 3 heterocycles. The Bertz CT molecular complexity index is 2500. The lowest BCUT2D eigenvalue weighted by molar-refractivity contribution is -0.152. The summed E-state index contributed by atoms with van der Waals surface area (Å²) < 4.78 is 20.4. The van der Waals surface area contributed by atoms with Crippen LogP contribution < -0.4 is 0 Å². The largest absolute Gasteiger partial charge is 0.466 e. The van der Waals surface area contributed by atoms with Crippen LogP contribution in [0, 0.1) is 11.8 Å². The highest BCUT2D eigenvalue weighted by atomic mass is 16.6. The lowest BCUT2D eigenvalue weighted by Gasteiger charge is -2.15. The number of hydrogen-bond acceptors (Lipinski definition) is 12. The molecule has 0 amide bonds. The number of carbonyl (C=O) groups excluding carboxylic acids is 8. The highest BCUT2D eigenvalue weighted by Crippen LogP contribution is 2.26. The first-order chi connectivity index (χ1) is 60.2. The molecule has 0 spiro atoms. The molecule has 0 aromatic heterocycles. The Balaban J connectivity index is 0.000000718. The molecule has 4 fully saturated rings. The summed E-state index contributed by atoms with van der Waals surface area (Å²) in [4.78, 5) is 92.0. The second kappa shape index (κ2) is 92.0. The van der Waals surface area contributed by atoms with Crippen LogP contribution in [-0.4, -0.2) is 73.4 Å². The summed E-state index contributed by atoms with van der Waals surface area (Å²) in [6.07, 6.45) is 113. The zero-order chi connectivity index (χ0) is 89.1. The van der Waals surface area contributed by atoms with Crippen molar-refractivity contribution in [2.75, 3.05) is 26.4 Å². The molecule has 12 heteroatoms. The van der Waals surface area contributed by atoms with E-state index in [1.807, 2.05) is 0 Å². The molecule has 4 aliphatic carbocycles. The molecule has 0 aromatic rings. The molecule has 0 aromatic carbocycles. The molecule has 0 N–H and O–H groups in total. The molecule has 2 unspecified atom stereocenters. The van der Waals surface area contributed by atoms with Crippen molar-refractivity contribution < 1.29 is 57.3 Å². The first kappa shape index (κ1) is 116. The minimum atomic E-state index is -0.180. The van der Waals surface area contributed by atoms with E-state index < -0.39 is 0 Å². The number of hydrogen-bond donors (Lipinski definition) is 0. The van der Waals surface area contributed by atoms with Crippen molar-refractivity contribution in [3.63, 3.8) is 0 Å². The number of esters is 4. The number of rotatable bonds is 1. The summed E-state index contributed by atoms with van der Waals surface area (Å²) in [6, 6.07) is 0. The van der Waals surface area contributed by atoms with Crippen molar-refractivity contribution in [3.8, 4) is 0 Å². The van der Waals surface area contributed by atoms with Crippen LogP contribution in [0.3, 0.4) is 0 Å². The van der Waals surface area contributed by atoms with E-state index in [1.54, 1.807) is 6.92 Å². The Labute approximate surface area is 758 Å². The minimum absolute atomic E-state index is 0.000910. The van der Waals surface area contributed by atoms with Crippen LogP contribution in [-0.2, 0) is 57.3 Å². The number of carbonyl (C=O) groups is 8. The molecule has 12 nitrogen and oxygen atoms in total. The van der Waals surface area contributed by atoms with Crippen LogP contribution in [0.2, 0.25) is 0 Å². The fraction of sp³-hybridized carbons (Fsp3) is 0.838. The molecule has 123 heavy (non-hydrogen) atoms. The van der Waals surface area contributed by atoms with Crippen molar-refractivity contribution in [2.24, 2.45) is 11.8 Å². The summed E-state index contributed by atoms with van der Waals surface area (Å²) in [5.74, 6) is 2.20. The highest BCUT2D eigenvalue weighted by Gasteiger charge is 2.17. The highest BCUT2D eigenvalue weighted by molar-refractivity contribution is 5.81. The van der Waals surface area contributed by atoms with E-state index in [1.165, 1.54) is 363 Å². The van der Waals surface area contributed by atoms with Crippen LogP contribution in [0.1, 0.15) is 561 Å². The number of ether oxygens (including phenoxy) is 4. The maximum atomic E-state index is 11.7. The van der Waals surface area contributed by atoms with Crippen molar-refractivity contribution in [2.45, 2.75) is 561 Å². The maximum absolute atomic E-state index is 11.7. The van der Waals surface area contributed by atoms with Crippen LogP contribution in [0.5, 0.6) is 0 Å². The van der Waals surface area contributed by atoms with E-state index in [4.69, 9.17) is 18.9 Å². The van der Waals surface area contributed by atoms with Gasteiger partial charge in [0.1, 0.15) is 36.3 Å². The molecule has 2 saturated heterocycles. The summed E-state index contributed by atoms with van der Waals surface area (Å²) >= 11 is 0. The van der Waals surface area contributed by atoms with Crippen molar-refractivity contribution >= 4 is 47.0 Å². The third-order valence-corrected chi connectivity index (χ3v) is 25.6. The third-order valence-electron chi connectivity index (χ3n) is 25.6. The average Bonchev–Trinajstić information content (AvgIpc) is 0.938. The number of ketones is 4. The van der Waals surface area contributed by atoms with Gasteiger partial charge in [0.2, 0.25) is 0 Å². The molecule has 0 radical (unpaired) electrons. The second-order valence-electron chi connectivity index (χ2n) is 37.9. The zero-order valence-corrected chi connectivity index (χ0v) is 81.4. The fourth-order valence-corrected chi connectivity index (χ4v) is 17.3. The van der Waals surface area contributed by atoms with Gasteiger partial charge in [-0.1, -0.05) is 374 Å². The zero-order valence-electron chi connectivity index (χ0n) is 81.4. The van der Waals surface area contributed by atoms with Crippen molar-refractivity contribution in [1.82, 2.24) is 0 Å². The predicted octanol–water partition coefficient (Wildman–Crippen LogP) is 33.7. The fourth-order valence-electron chi connectivity index (χ4n) is 17.3. The lowest BCUT2D eigenvalue weighted by Crippen LogP contribution is -2.13. The van der Waals surface area contributed by atoms with Gasteiger partial charge in [-0.05, 0) is 188 Å². The molecule has 712 valence electrons. The van der Waals surface area contributed by atoms with E-state index in [2.05, 4.69) is 70.2 Å². The minimum Gasteiger partial charge on any atom is -0.466 e. The monoisotopic (exact) mass is 1720 g/mol. The second-order valence-corrected chi connectivity index (χ2v) is 37.9. The molecular formula is C111H196O12. The van der Waals surface area contributed by atoms with Crippen LogP contribution in [0.4, 0.5) is 0 Å². The van der Waals surface area contributed by atoms with E-state index in [0.29, 0.717) is 67.9 Å². The quantitative estimate of drug-likeness (QED) is 0.138. The van der Waals surface area contributed by atoms with E-state index >= 15 is 0 Å². The van der Waals surface area contributed by atoms with Crippen LogP contribution >= 0.6 is 0 Å². The Hall–Kier alpha value is -4.74. The normalized spacial score (nSPS) is 24.7. The first-order valence-corrected chi connectivity index (χ1v) is 53.1. The number of cyclic esters (lactones) is 4. The lowest BCUT2D eigenvalue weighted by atomic mass is 9.89. The molecule has 0 bridgehead atoms. The summed E-state index contributed by atoms with van der Waals surface area (Å²) in [5.41, 5.74) is 4.10. The summed E-state index contributed by atoms with van der Waals surface area (Å²) in [6.45, 7) is 12.1. The SMILES string of the molecule is CC(=O)C1CC/C(C)=C/CC/C(C)=C/CC=C1C.CC1CCCCCCCCCCCCC(=O)C1.O=C1CCCCCCC/C=C/CCCCCCO1.O=C1CCCCCCC/C=C\CCCCCCC1.O=C1CCCCCCCCCCCC(=O)OCCO1.O=C1CCCCCCCCCCCCCC1.O=C1CCCCCCCCCCCCCCO1. The van der Waals surface area contributed by atoms with Gasteiger partial charge in [-0.25, -0.2) is 0 Å². The van der Waals surface area contributed by atoms with Gasteiger partial charge in [-0.15, -0.1) is 0 Å². The maximum Gasteiger partial charge on any atom is 0.305 e. The Morgan fingerprint density at radius 1 is 0.244 bits per heavy atom. The number of Topliss-reactive ketones (excluding diaryl/α,β-unsaturated/α-hetero) is 4. The molecule has 7 aliphatic rings. The van der Waals surface area contributed by atoms with Gasteiger partial charge >= 0.3 is 23.9 Å². The molecule has 7 rings (SSSR count). The van der Waals surface area contributed by atoms with Gasteiger partial charge in [0, 0.05) is 70.1 Å². The Morgan fingerprint density at radius 3 is 0.789 bits per heavy atom. The number of allylic oxidation sites excluding steroid dienone is 10. The first-order valence-electron chi connectivity index (χ1n) is 53.1. The summed E-state index contributed by atoms with van der Waals surface area (Å²) in [7, 11) is 0. The third kappa shape index (κ3) is 87.7. The predicted molar refractivity (Wildman–Crippen MR) is 520 cm³/mol. The van der Waals surface area contributed by atoms with E-state index in [0.717, 1.165) is 154 Å². The van der Waals surface area contributed by atoms with Gasteiger partial charge in [-0.2, -0.15) is 0 Å². The Kier molecular flexibility index (Phi) is 87.0. The van der Waals surface area contributed by atoms with Crippen LogP contribution in [0.15, 0.2) is 59.3 Å². The van der Waals surface area contributed by atoms with Gasteiger partial charge in [0.15, 0.2) is 0 Å². The molecule has 2 atom stereocenters. The van der Waals surface area contributed by atoms with Crippen molar-refractivity contribution in [3.05, 3.63) is 59.3 Å². The van der Waals surface area contributed by atoms with E-state index in [9.17, 15) is 38.4 Å². The smallest absolute Gasteiger partial charge is 0.305 e. The van der Waals surface area contributed by atoms with Crippen LogP contribution in [0.25, 0.3) is 0 Å². The molecule has 2 saturated carbocycles. The Morgan fingerprint density at radius 2 is 0.488 bits per heavy atom. The van der Waals surface area contributed by atoms with Gasteiger partial charge in [0.25, 0.3) is 0 Å². The topological polar surface area (TPSA) is 173 Å². The summed E-state index contributed by atoms with van der Waals surface area (Å²) in [5, 5.41) is 0. The van der Waals surface area contributed by atoms with Crippen molar-refractivity contribution in [1.29, 1.82) is 0 Å².